The van der Waals surface area contributed by atoms with Crippen LogP contribution in [0.4, 0.5) is 5.95 Å². The smallest absolute Gasteiger partial charge is 0.259 e. The van der Waals surface area contributed by atoms with Gasteiger partial charge in [-0.1, -0.05) is 23.9 Å². The van der Waals surface area contributed by atoms with Crippen molar-refractivity contribution in [2.75, 3.05) is 31.2 Å². The summed E-state index contributed by atoms with van der Waals surface area (Å²) in [5.41, 5.74) is 2.58. The number of ether oxygens (including phenoxy) is 1. The van der Waals surface area contributed by atoms with Crippen LogP contribution >= 0.6 is 23.1 Å². The number of benzene rings is 1. The van der Waals surface area contributed by atoms with Gasteiger partial charge in [-0.15, -0.1) is 21.5 Å². The Morgan fingerprint density at radius 1 is 1.24 bits per heavy atom. The van der Waals surface area contributed by atoms with Crippen molar-refractivity contribution in [1.82, 2.24) is 24.7 Å². The Labute approximate surface area is 204 Å². The van der Waals surface area contributed by atoms with Crippen molar-refractivity contribution in [3.05, 3.63) is 56.4 Å². The molecule has 1 saturated heterocycles. The number of nitrogens with zero attached hydrogens (tertiary/aromatic N) is 5. The third-order valence-corrected chi connectivity index (χ3v) is 7.90. The van der Waals surface area contributed by atoms with Gasteiger partial charge in [-0.05, 0) is 44.0 Å². The van der Waals surface area contributed by atoms with E-state index >= 15 is 0 Å². The van der Waals surface area contributed by atoms with Gasteiger partial charge < -0.3 is 14.6 Å². The molecule has 0 unspecified atom stereocenters. The van der Waals surface area contributed by atoms with Crippen molar-refractivity contribution in [1.29, 1.82) is 0 Å². The fourth-order valence-corrected chi connectivity index (χ4v) is 5.96. The monoisotopic (exact) mass is 496 g/mol. The fraction of sp³-hybridized carbons (Fsp3) is 0.348. The SMILES string of the molecule is CC(=O)c1sc2nc(CSc3nnc(N4CCOCC4)n3-c3cccc(C)c3)[nH]c(=O)c2c1C. The van der Waals surface area contributed by atoms with E-state index in [0.717, 1.165) is 30.3 Å². The number of Topliss-reactive ketones (excluding diaryl/α,β-unsaturated/α-hetero) is 1. The van der Waals surface area contributed by atoms with Crippen LogP contribution in [0.1, 0.15) is 33.5 Å². The number of thioether (sulfide) groups is 1. The van der Waals surface area contributed by atoms with E-state index in [1.165, 1.54) is 30.0 Å². The van der Waals surface area contributed by atoms with Crippen LogP contribution in [-0.4, -0.2) is 56.8 Å². The van der Waals surface area contributed by atoms with E-state index in [1.807, 2.05) is 16.7 Å². The predicted molar refractivity (Wildman–Crippen MR) is 134 cm³/mol. The summed E-state index contributed by atoms with van der Waals surface area (Å²) in [6.45, 7) is 8.14. The van der Waals surface area contributed by atoms with Crippen LogP contribution in [0.2, 0.25) is 0 Å². The van der Waals surface area contributed by atoms with Crippen LogP contribution < -0.4 is 10.5 Å². The summed E-state index contributed by atoms with van der Waals surface area (Å²) in [7, 11) is 0. The predicted octanol–water partition coefficient (Wildman–Crippen LogP) is 3.51. The largest absolute Gasteiger partial charge is 0.378 e. The molecule has 1 aliphatic rings. The van der Waals surface area contributed by atoms with E-state index in [0.29, 0.717) is 50.6 Å². The Bertz CT molecular complexity index is 1430. The Morgan fingerprint density at radius 2 is 2.03 bits per heavy atom. The van der Waals surface area contributed by atoms with Gasteiger partial charge in [-0.3, -0.25) is 14.2 Å². The Morgan fingerprint density at radius 3 is 2.76 bits per heavy atom. The van der Waals surface area contributed by atoms with Crippen molar-refractivity contribution < 1.29 is 9.53 Å². The lowest BCUT2D eigenvalue weighted by molar-refractivity contribution is 0.102. The number of aromatic amines is 1. The molecule has 3 aromatic heterocycles. The first kappa shape index (κ1) is 22.8. The molecule has 0 amide bonds. The molecule has 1 fully saturated rings. The van der Waals surface area contributed by atoms with Gasteiger partial charge in [0.15, 0.2) is 10.9 Å². The quantitative estimate of drug-likeness (QED) is 0.319. The normalized spacial score (nSPS) is 14.1. The zero-order chi connectivity index (χ0) is 23.8. The van der Waals surface area contributed by atoms with Crippen LogP contribution in [0.25, 0.3) is 15.9 Å². The fourth-order valence-electron chi connectivity index (χ4n) is 4.04. The number of fused-ring (bicyclic) bond motifs is 1. The van der Waals surface area contributed by atoms with Gasteiger partial charge in [-0.2, -0.15) is 0 Å². The number of ketones is 1. The highest BCUT2D eigenvalue weighted by Crippen LogP contribution is 2.31. The average Bonchev–Trinajstić information content (AvgIpc) is 3.40. The van der Waals surface area contributed by atoms with Crippen molar-refractivity contribution in [3.63, 3.8) is 0 Å². The molecular weight excluding hydrogens is 472 g/mol. The number of rotatable bonds is 6. The zero-order valence-electron chi connectivity index (χ0n) is 19.1. The maximum atomic E-state index is 12.7. The van der Waals surface area contributed by atoms with E-state index in [1.54, 1.807) is 6.92 Å². The van der Waals surface area contributed by atoms with Gasteiger partial charge in [0.2, 0.25) is 5.95 Å². The van der Waals surface area contributed by atoms with Gasteiger partial charge in [0, 0.05) is 13.1 Å². The molecule has 0 atom stereocenters. The molecule has 1 aromatic carbocycles. The summed E-state index contributed by atoms with van der Waals surface area (Å²) < 4.78 is 7.55. The molecule has 0 aliphatic carbocycles. The van der Waals surface area contributed by atoms with Gasteiger partial charge in [0.25, 0.3) is 5.56 Å². The minimum atomic E-state index is -0.226. The van der Waals surface area contributed by atoms with E-state index in [9.17, 15) is 9.59 Å². The zero-order valence-corrected chi connectivity index (χ0v) is 20.8. The highest BCUT2D eigenvalue weighted by atomic mass is 32.2. The number of morpholine rings is 1. The standard InChI is InChI=1S/C23H24N6O3S2/c1-13-5-4-6-16(11-13)29-22(28-7-9-32-10-8-28)26-27-23(29)33-12-17-24-20(31)18-14(2)19(15(3)30)34-21(18)25-17/h4-6,11H,7-10,12H2,1-3H3,(H,24,25,31). The summed E-state index contributed by atoms with van der Waals surface area (Å²) >= 11 is 2.72. The number of aromatic nitrogens is 5. The van der Waals surface area contributed by atoms with Crippen molar-refractivity contribution >= 4 is 45.0 Å². The van der Waals surface area contributed by atoms with Gasteiger partial charge in [0.1, 0.15) is 10.7 Å². The second-order valence-corrected chi connectivity index (χ2v) is 10.1. The maximum Gasteiger partial charge on any atom is 0.259 e. The molecule has 0 bridgehead atoms. The van der Waals surface area contributed by atoms with Crippen molar-refractivity contribution in [2.24, 2.45) is 0 Å². The topological polar surface area (TPSA) is 106 Å². The van der Waals surface area contributed by atoms with Crippen molar-refractivity contribution in [2.45, 2.75) is 31.7 Å². The molecule has 4 heterocycles. The molecule has 1 aliphatic heterocycles. The highest BCUT2D eigenvalue weighted by molar-refractivity contribution is 7.98. The lowest BCUT2D eigenvalue weighted by Gasteiger charge is -2.28. The van der Waals surface area contributed by atoms with E-state index in [2.05, 4.69) is 44.1 Å². The first-order chi connectivity index (χ1) is 16.4. The molecule has 0 saturated carbocycles. The Kier molecular flexibility index (Phi) is 6.24. The molecular formula is C23H24N6O3S2. The number of hydrogen-bond donors (Lipinski definition) is 1. The lowest BCUT2D eigenvalue weighted by atomic mass is 10.2. The molecule has 0 radical (unpaired) electrons. The minimum Gasteiger partial charge on any atom is -0.378 e. The second-order valence-electron chi connectivity index (χ2n) is 8.15. The third kappa shape index (κ3) is 4.26. The number of H-pyrrole nitrogens is 1. The molecule has 176 valence electrons. The number of thiophene rings is 1. The molecule has 1 N–H and O–H groups in total. The molecule has 5 rings (SSSR count). The van der Waals surface area contributed by atoms with Crippen LogP contribution in [0.5, 0.6) is 0 Å². The molecule has 11 heteroatoms. The third-order valence-electron chi connectivity index (χ3n) is 5.68. The number of carbonyl (C=O) groups is 1. The number of carbonyl (C=O) groups excluding carboxylic acids is 1. The maximum absolute atomic E-state index is 12.7. The van der Waals surface area contributed by atoms with Crippen LogP contribution in [0.3, 0.4) is 0 Å². The lowest BCUT2D eigenvalue weighted by Crippen LogP contribution is -2.37. The summed E-state index contributed by atoms with van der Waals surface area (Å²) in [6, 6.07) is 8.20. The highest BCUT2D eigenvalue weighted by Gasteiger charge is 2.23. The van der Waals surface area contributed by atoms with Gasteiger partial charge in [-0.25, -0.2) is 4.98 Å². The molecule has 0 spiro atoms. The Balaban J connectivity index is 1.49. The van der Waals surface area contributed by atoms with Gasteiger partial charge >= 0.3 is 0 Å². The number of nitrogens with one attached hydrogen (secondary N) is 1. The van der Waals surface area contributed by atoms with Crippen LogP contribution in [0.15, 0.2) is 34.2 Å². The van der Waals surface area contributed by atoms with Crippen LogP contribution in [0, 0.1) is 13.8 Å². The molecule has 4 aromatic rings. The van der Waals surface area contributed by atoms with Crippen molar-refractivity contribution in [3.8, 4) is 5.69 Å². The Hall–Kier alpha value is -3.02. The van der Waals surface area contributed by atoms with E-state index in [-0.39, 0.29) is 11.3 Å². The second kappa shape index (κ2) is 9.32. The minimum absolute atomic E-state index is 0.0577. The number of hydrogen-bond acceptors (Lipinski definition) is 9. The van der Waals surface area contributed by atoms with E-state index in [4.69, 9.17) is 4.74 Å². The number of aryl methyl sites for hydroxylation is 2. The summed E-state index contributed by atoms with van der Waals surface area (Å²) in [4.78, 5) is 35.5. The summed E-state index contributed by atoms with van der Waals surface area (Å²) in [5, 5.41) is 10.2. The molecule has 9 nitrogen and oxygen atoms in total. The van der Waals surface area contributed by atoms with Crippen LogP contribution in [-0.2, 0) is 10.5 Å². The summed E-state index contributed by atoms with van der Waals surface area (Å²) in [5.74, 6) is 1.65. The number of anilines is 1. The van der Waals surface area contributed by atoms with Gasteiger partial charge in [0.05, 0.1) is 34.9 Å². The summed E-state index contributed by atoms with van der Waals surface area (Å²) in [6.07, 6.45) is 0. The van der Waals surface area contributed by atoms with E-state index < -0.39 is 0 Å². The average molecular weight is 497 g/mol. The first-order valence-corrected chi connectivity index (χ1v) is 12.7. The first-order valence-electron chi connectivity index (χ1n) is 10.9. The molecule has 34 heavy (non-hydrogen) atoms.